The summed E-state index contributed by atoms with van der Waals surface area (Å²) in [5.41, 5.74) is 7.01. The summed E-state index contributed by atoms with van der Waals surface area (Å²) < 4.78 is 6.22. The smallest absolute Gasteiger partial charge is 0.115 e. The van der Waals surface area contributed by atoms with E-state index in [-0.39, 0.29) is 12.1 Å². The fourth-order valence-electron chi connectivity index (χ4n) is 2.72. The van der Waals surface area contributed by atoms with Crippen molar-refractivity contribution in [2.24, 2.45) is 11.7 Å². The van der Waals surface area contributed by atoms with Crippen LogP contribution in [0.2, 0.25) is 0 Å². The summed E-state index contributed by atoms with van der Waals surface area (Å²) in [5.74, 6) is 0.765. The molecule has 0 radical (unpaired) electrons. The van der Waals surface area contributed by atoms with Crippen molar-refractivity contribution in [3.8, 4) is 0 Å². The summed E-state index contributed by atoms with van der Waals surface area (Å²) in [5, 5.41) is 0. The van der Waals surface area contributed by atoms with E-state index in [1.807, 2.05) is 25.1 Å². The molecule has 2 rings (SSSR count). The van der Waals surface area contributed by atoms with E-state index in [1.54, 1.807) is 6.20 Å². The monoisotopic (exact) mass is 248 g/mol. The first-order valence-corrected chi connectivity index (χ1v) is 6.98. The maximum atomic E-state index is 6.22. The van der Waals surface area contributed by atoms with Gasteiger partial charge in [0.2, 0.25) is 0 Å². The van der Waals surface area contributed by atoms with Crippen molar-refractivity contribution in [2.75, 3.05) is 0 Å². The van der Waals surface area contributed by atoms with E-state index in [9.17, 15) is 0 Å². The van der Waals surface area contributed by atoms with E-state index >= 15 is 0 Å². The number of hydrogen-bond acceptors (Lipinski definition) is 3. The molecule has 1 saturated carbocycles. The Morgan fingerprint density at radius 2 is 2.22 bits per heavy atom. The molecule has 0 aromatic carbocycles. The second kappa shape index (κ2) is 6.30. The number of rotatable bonds is 4. The van der Waals surface area contributed by atoms with Crippen LogP contribution in [0.15, 0.2) is 24.4 Å². The molecule has 1 aromatic rings. The maximum absolute atomic E-state index is 6.22. The number of aromatic nitrogens is 1. The molecule has 0 bridgehead atoms. The minimum absolute atomic E-state index is 0.0304. The van der Waals surface area contributed by atoms with Gasteiger partial charge in [-0.3, -0.25) is 4.98 Å². The van der Waals surface area contributed by atoms with Gasteiger partial charge in [0.25, 0.3) is 0 Å². The predicted molar refractivity (Wildman–Crippen MR) is 73.1 cm³/mol. The summed E-state index contributed by atoms with van der Waals surface area (Å²) >= 11 is 0. The minimum Gasteiger partial charge on any atom is -0.367 e. The highest BCUT2D eigenvalue weighted by atomic mass is 16.5. The molecule has 4 atom stereocenters. The van der Waals surface area contributed by atoms with Gasteiger partial charge in [0.15, 0.2) is 0 Å². The van der Waals surface area contributed by atoms with E-state index in [0.29, 0.717) is 6.10 Å². The summed E-state index contributed by atoms with van der Waals surface area (Å²) in [7, 11) is 0. The average Bonchev–Trinajstić information content (AvgIpc) is 2.37. The van der Waals surface area contributed by atoms with E-state index in [2.05, 4.69) is 11.9 Å². The number of nitrogens with zero attached hydrogens (tertiary/aromatic N) is 1. The van der Waals surface area contributed by atoms with E-state index in [4.69, 9.17) is 10.5 Å². The first-order valence-electron chi connectivity index (χ1n) is 6.98. The van der Waals surface area contributed by atoms with Crippen molar-refractivity contribution >= 4 is 0 Å². The Hall–Kier alpha value is -0.930. The zero-order chi connectivity index (χ0) is 13.0. The Morgan fingerprint density at radius 1 is 1.39 bits per heavy atom. The van der Waals surface area contributed by atoms with Gasteiger partial charge in [0.05, 0.1) is 11.8 Å². The van der Waals surface area contributed by atoms with Crippen LogP contribution in [0.1, 0.15) is 51.3 Å². The SMILES string of the molecule is CC1CCCC(OC(c2ccccn2)C(C)N)C1. The van der Waals surface area contributed by atoms with Gasteiger partial charge in [-0.15, -0.1) is 0 Å². The van der Waals surface area contributed by atoms with Gasteiger partial charge >= 0.3 is 0 Å². The van der Waals surface area contributed by atoms with Crippen molar-refractivity contribution < 1.29 is 4.74 Å². The summed E-state index contributed by atoms with van der Waals surface area (Å²) in [4.78, 5) is 4.38. The van der Waals surface area contributed by atoms with Crippen LogP contribution < -0.4 is 5.73 Å². The molecular weight excluding hydrogens is 224 g/mol. The average molecular weight is 248 g/mol. The lowest BCUT2D eigenvalue weighted by Crippen LogP contribution is -2.32. The Kier molecular flexibility index (Phi) is 4.72. The van der Waals surface area contributed by atoms with Crippen LogP contribution in [0.5, 0.6) is 0 Å². The van der Waals surface area contributed by atoms with Crippen LogP contribution >= 0.6 is 0 Å². The Bertz CT molecular complexity index is 353. The summed E-state index contributed by atoms with van der Waals surface area (Å²) in [6, 6.07) is 5.88. The lowest BCUT2D eigenvalue weighted by atomic mass is 9.88. The fourth-order valence-corrected chi connectivity index (χ4v) is 2.72. The van der Waals surface area contributed by atoms with Crippen molar-refractivity contribution in [2.45, 2.75) is 57.8 Å². The Morgan fingerprint density at radius 3 is 2.83 bits per heavy atom. The topological polar surface area (TPSA) is 48.1 Å². The highest BCUT2D eigenvalue weighted by Gasteiger charge is 2.26. The van der Waals surface area contributed by atoms with E-state index in [0.717, 1.165) is 24.5 Å². The lowest BCUT2D eigenvalue weighted by molar-refractivity contribution is -0.0508. The number of ether oxygens (including phenoxy) is 1. The quantitative estimate of drug-likeness (QED) is 0.890. The van der Waals surface area contributed by atoms with Crippen molar-refractivity contribution in [1.29, 1.82) is 0 Å². The van der Waals surface area contributed by atoms with Crippen molar-refractivity contribution in [3.63, 3.8) is 0 Å². The molecule has 0 saturated heterocycles. The van der Waals surface area contributed by atoms with Gasteiger partial charge in [-0.2, -0.15) is 0 Å². The van der Waals surface area contributed by atoms with Crippen molar-refractivity contribution in [1.82, 2.24) is 4.98 Å². The van der Waals surface area contributed by atoms with E-state index < -0.39 is 0 Å². The first-order chi connectivity index (χ1) is 8.66. The molecule has 0 amide bonds. The molecule has 1 aromatic heterocycles. The third kappa shape index (κ3) is 3.53. The van der Waals surface area contributed by atoms with Crippen LogP contribution in [0, 0.1) is 5.92 Å². The predicted octanol–water partition coefficient (Wildman–Crippen LogP) is 3.07. The van der Waals surface area contributed by atoms with Crippen LogP contribution in [-0.2, 0) is 4.74 Å². The number of pyridine rings is 1. The Labute approximate surface area is 110 Å². The number of hydrogen-bond donors (Lipinski definition) is 1. The molecule has 1 aliphatic carbocycles. The van der Waals surface area contributed by atoms with Crippen LogP contribution in [-0.4, -0.2) is 17.1 Å². The van der Waals surface area contributed by atoms with Gasteiger partial charge in [0, 0.05) is 12.2 Å². The molecule has 1 heterocycles. The van der Waals surface area contributed by atoms with Gasteiger partial charge < -0.3 is 10.5 Å². The molecule has 3 nitrogen and oxygen atoms in total. The molecule has 0 aliphatic heterocycles. The van der Waals surface area contributed by atoms with Crippen LogP contribution in [0.25, 0.3) is 0 Å². The highest BCUT2D eigenvalue weighted by molar-refractivity contribution is 5.09. The van der Waals surface area contributed by atoms with Crippen LogP contribution in [0.4, 0.5) is 0 Å². The second-order valence-corrected chi connectivity index (χ2v) is 5.56. The second-order valence-electron chi connectivity index (χ2n) is 5.56. The molecule has 2 N–H and O–H groups in total. The third-order valence-corrected chi connectivity index (χ3v) is 3.68. The summed E-state index contributed by atoms with van der Waals surface area (Å²) in [6.45, 7) is 4.29. The first kappa shape index (κ1) is 13.5. The molecule has 1 aliphatic rings. The molecular formula is C15H24N2O. The largest absolute Gasteiger partial charge is 0.367 e. The molecule has 4 unspecified atom stereocenters. The van der Waals surface area contributed by atoms with Crippen molar-refractivity contribution in [3.05, 3.63) is 30.1 Å². The molecule has 100 valence electrons. The lowest BCUT2D eigenvalue weighted by Gasteiger charge is -2.31. The zero-order valence-electron chi connectivity index (χ0n) is 11.4. The molecule has 3 heteroatoms. The van der Waals surface area contributed by atoms with E-state index in [1.165, 1.54) is 12.8 Å². The number of nitrogens with two attached hydrogens (primary N) is 1. The summed E-state index contributed by atoms with van der Waals surface area (Å²) in [6.07, 6.45) is 6.95. The van der Waals surface area contributed by atoms with Gasteiger partial charge in [-0.1, -0.05) is 25.8 Å². The highest BCUT2D eigenvalue weighted by Crippen LogP contribution is 2.30. The minimum atomic E-state index is -0.0819. The third-order valence-electron chi connectivity index (χ3n) is 3.68. The standard InChI is InChI=1S/C15H24N2O/c1-11-6-5-7-13(10-11)18-15(12(2)16)14-8-3-4-9-17-14/h3-4,8-9,11-13,15H,5-7,10,16H2,1-2H3. The Balaban J connectivity index is 2.03. The maximum Gasteiger partial charge on any atom is 0.115 e. The normalized spacial score (nSPS) is 27.7. The molecule has 0 spiro atoms. The van der Waals surface area contributed by atoms with Gasteiger partial charge in [-0.25, -0.2) is 0 Å². The zero-order valence-corrected chi connectivity index (χ0v) is 11.4. The molecule has 1 fully saturated rings. The molecule has 18 heavy (non-hydrogen) atoms. The van der Waals surface area contributed by atoms with Crippen LogP contribution in [0.3, 0.4) is 0 Å². The van der Waals surface area contributed by atoms with Gasteiger partial charge in [-0.05, 0) is 37.8 Å². The fraction of sp³-hybridized carbons (Fsp3) is 0.667. The van der Waals surface area contributed by atoms with Gasteiger partial charge in [0.1, 0.15) is 6.10 Å².